The minimum Gasteiger partial charge on any atom is -0.465 e. The topological polar surface area (TPSA) is 38.3 Å². The first-order valence-electron chi connectivity index (χ1n) is 6.99. The lowest BCUT2D eigenvalue weighted by atomic mass is 10.1. The van der Waals surface area contributed by atoms with Crippen molar-refractivity contribution >= 4 is 33.5 Å². The molecule has 2 rings (SSSR count). The van der Waals surface area contributed by atoms with Gasteiger partial charge in [-0.2, -0.15) is 0 Å². The summed E-state index contributed by atoms with van der Waals surface area (Å²) in [5.74, 6) is -0.264. The Morgan fingerprint density at radius 3 is 2.85 bits per heavy atom. The molecule has 1 N–H and O–H groups in total. The minimum absolute atomic E-state index is 0.264. The summed E-state index contributed by atoms with van der Waals surface area (Å²) in [5, 5.41) is 3.99. The van der Waals surface area contributed by atoms with Crippen LogP contribution in [0.5, 0.6) is 0 Å². The van der Waals surface area contributed by atoms with E-state index in [0.29, 0.717) is 17.7 Å². The molecule has 20 heavy (non-hydrogen) atoms. The highest BCUT2D eigenvalue weighted by Crippen LogP contribution is 2.29. The first-order valence-corrected chi connectivity index (χ1v) is 8.16. The summed E-state index contributed by atoms with van der Waals surface area (Å²) in [6.07, 6.45) is 4.61. The average Bonchev–Trinajstić information content (AvgIpc) is 2.92. The first-order chi connectivity index (χ1) is 9.61. The van der Waals surface area contributed by atoms with Crippen LogP contribution in [0.25, 0.3) is 0 Å². The third-order valence-electron chi connectivity index (χ3n) is 3.55. The molecule has 1 unspecified atom stereocenters. The Morgan fingerprint density at radius 2 is 2.20 bits per heavy atom. The molecule has 0 bridgehead atoms. The summed E-state index contributed by atoms with van der Waals surface area (Å²) in [7, 11) is 0. The van der Waals surface area contributed by atoms with Gasteiger partial charge < -0.3 is 4.74 Å². The van der Waals surface area contributed by atoms with Crippen molar-refractivity contribution in [2.24, 2.45) is 0 Å². The molecule has 0 spiro atoms. The van der Waals surface area contributed by atoms with Crippen molar-refractivity contribution in [2.75, 3.05) is 6.61 Å². The van der Waals surface area contributed by atoms with Gasteiger partial charge in [0, 0.05) is 15.5 Å². The Balaban J connectivity index is 2.24. The molecule has 1 aromatic carbocycles. The molecular formula is C15H19BrClNO2. The second kappa shape index (κ2) is 7.43. The van der Waals surface area contributed by atoms with E-state index in [2.05, 4.69) is 21.2 Å². The lowest BCUT2D eigenvalue weighted by Gasteiger charge is -2.22. The van der Waals surface area contributed by atoms with Crippen molar-refractivity contribution in [3.8, 4) is 0 Å². The van der Waals surface area contributed by atoms with Crippen molar-refractivity contribution < 1.29 is 9.53 Å². The second-order valence-corrected chi connectivity index (χ2v) is 6.32. The summed E-state index contributed by atoms with van der Waals surface area (Å²) >= 11 is 9.68. The van der Waals surface area contributed by atoms with E-state index in [4.69, 9.17) is 16.3 Å². The van der Waals surface area contributed by atoms with Gasteiger partial charge in [0.1, 0.15) is 6.04 Å². The van der Waals surface area contributed by atoms with Gasteiger partial charge in [-0.1, -0.05) is 40.4 Å². The van der Waals surface area contributed by atoms with Crippen LogP contribution in [0.3, 0.4) is 0 Å². The third kappa shape index (κ3) is 3.96. The van der Waals surface area contributed by atoms with Crippen LogP contribution in [0.15, 0.2) is 22.7 Å². The van der Waals surface area contributed by atoms with Gasteiger partial charge >= 0.3 is 5.97 Å². The van der Waals surface area contributed by atoms with Gasteiger partial charge in [0.15, 0.2) is 0 Å². The molecule has 1 aliphatic carbocycles. The molecule has 0 aromatic heterocycles. The van der Waals surface area contributed by atoms with Crippen molar-refractivity contribution in [3.05, 3.63) is 33.3 Å². The lowest BCUT2D eigenvalue weighted by molar-refractivity contribution is -0.146. The van der Waals surface area contributed by atoms with Crippen molar-refractivity contribution in [1.82, 2.24) is 5.32 Å². The van der Waals surface area contributed by atoms with Crippen molar-refractivity contribution in [2.45, 2.75) is 44.7 Å². The highest BCUT2D eigenvalue weighted by molar-refractivity contribution is 9.10. The summed E-state index contributed by atoms with van der Waals surface area (Å²) in [5.41, 5.74) is 0.770. The van der Waals surface area contributed by atoms with Crippen LogP contribution in [0.2, 0.25) is 5.02 Å². The number of esters is 1. The number of carbonyl (C=O) groups excluding carboxylic acids is 1. The van der Waals surface area contributed by atoms with Crippen LogP contribution in [0, 0.1) is 0 Å². The van der Waals surface area contributed by atoms with Crippen LogP contribution < -0.4 is 5.32 Å². The molecular weight excluding hydrogens is 342 g/mol. The molecule has 0 heterocycles. The summed E-state index contributed by atoms with van der Waals surface area (Å²) in [4.78, 5) is 12.2. The first kappa shape index (κ1) is 15.8. The van der Waals surface area contributed by atoms with E-state index < -0.39 is 6.04 Å². The Hall–Kier alpha value is -0.580. The molecule has 0 aliphatic heterocycles. The van der Waals surface area contributed by atoms with Gasteiger partial charge in [-0.3, -0.25) is 5.32 Å². The summed E-state index contributed by atoms with van der Waals surface area (Å²) in [6.45, 7) is 2.18. The van der Waals surface area contributed by atoms with Crippen molar-refractivity contribution in [3.63, 3.8) is 0 Å². The van der Waals surface area contributed by atoms with Crippen LogP contribution >= 0.6 is 27.5 Å². The summed E-state index contributed by atoms with van der Waals surface area (Å²) < 4.78 is 6.09. The standard InChI is InChI=1S/C15H19BrClNO2/c1-2-20-15(19)14(18-11-5-3-4-6-11)12-9-10(16)7-8-13(12)17/h7-9,11,14,18H,2-6H2,1H3. The van der Waals surface area contributed by atoms with E-state index in [1.807, 2.05) is 19.1 Å². The molecule has 1 atom stereocenters. The van der Waals surface area contributed by atoms with Gasteiger partial charge in [-0.15, -0.1) is 0 Å². The zero-order valence-electron chi connectivity index (χ0n) is 11.5. The van der Waals surface area contributed by atoms with Crippen LogP contribution in [-0.2, 0) is 9.53 Å². The maximum atomic E-state index is 12.2. The molecule has 1 fully saturated rings. The Bertz CT molecular complexity index is 475. The number of ether oxygens (including phenoxy) is 1. The SMILES string of the molecule is CCOC(=O)C(NC1CCCC1)c1cc(Br)ccc1Cl. The molecule has 0 saturated heterocycles. The maximum absolute atomic E-state index is 12.2. The van der Waals surface area contributed by atoms with Crippen LogP contribution in [0.4, 0.5) is 0 Å². The number of halogens is 2. The summed E-state index contributed by atoms with van der Waals surface area (Å²) in [6, 6.07) is 5.40. The fourth-order valence-corrected chi connectivity index (χ4v) is 3.18. The van der Waals surface area contributed by atoms with Crippen molar-refractivity contribution in [1.29, 1.82) is 0 Å². The molecule has 0 amide bonds. The zero-order chi connectivity index (χ0) is 14.5. The monoisotopic (exact) mass is 359 g/mol. The lowest BCUT2D eigenvalue weighted by Crippen LogP contribution is -2.36. The number of nitrogens with one attached hydrogen (secondary N) is 1. The Labute approximate surface area is 133 Å². The zero-order valence-corrected chi connectivity index (χ0v) is 13.8. The van der Waals surface area contributed by atoms with E-state index in [-0.39, 0.29) is 5.97 Å². The largest absolute Gasteiger partial charge is 0.465 e. The third-order valence-corrected chi connectivity index (χ3v) is 4.39. The van der Waals surface area contributed by atoms with Crippen LogP contribution in [-0.4, -0.2) is 18.6 Å². The highest BCUT2D eigenvalue weighted by Gasteiger charge is 2.28. The number of benzene rings is 1. The molecule has 0 radical (unpaired) electrons. The number of hydrogen-bond acceptors (Lipinski definition) is 3. The van der Waals surface area contributed by atoms with Gasteiger partial charge in [0.05, 0.1) is 6.61 Å². The van der Waals surface area contributed by atoms with E-state index in [1.54, 1.807) is 6.07 Å². The number of carbonyl (C=O) groups is 1. The fourth-order valence-electron chi connectivity index (χ4n) is 2.57. The van der Waals surface area contributed by atoms with Gasteiger partial charge in [0.2, 0.25) is 0 Å². The molecule has 1 saturated carbocycles. The molecule has 3 nitrogen and oxygen atoms in total. The molecule has 5 heteroatoms. The van der Waals surface area contributed by atoms with Gasteiger partial charge in [0.25, 0.3) is 0 Å². The predicted octanol–water partition coefficient (Wildman–Crippen LogP) is 4.24. The Kier molecular flexibility index (Phi) is 5.87. The van der Waals surface area contributed by atoms with E-state index >= 15 is 0 Å². The van der Waals surface area contributed by atoms with E-state index in [9.17, 15) is 4.79 Å². The average molecular weight is 361 g/mol. The van der Waals surface area contributed by atoms with E-state index in [0.717, 1.165) is 22.9 Å². The van der Waals surface area contributed by atoms with Crippen LogP contribution in [0.1, 0.15) is 44.2 Å². The van der Waals surface area contributed by atoms with Gasteiger partial charge in [-0.05, 0) is 43.5 Å². The number of hydrogen-bond donors (Lipinski definition) is 1. The maximum Gasteiger partial charge on any atom is 0.327 e. The molecule has 1 aliphatic rings. The Morgan fingerprint density at radius 1 is 1.50 bits per heavy atom. The fraction of sp³-hybridized carbons (Fsp3) is 0.533. The van der Waals surface area contributed by atoms with Gasteiger partial charge in [-0.25, -0.2) is 4.79 Å². The molecule has 1 aromatic rings. The minimum atomic E-state index is -0.497. The van der Waals surface area contributed by atoms with E-state index in [1.165, 1.54) is 12.8 Å². The smallest absolute Gasteiger partial charge is 0.327 e. The second-order valence-electron chi connectivity index (χ2n) is 5.00. The predicted molar refractivity (Wildman–Crippen MR) is 83.9 cm³/mol. The highest BCUT2D eigenvalue weighted by atomic mass is 79.9. The quantitative estimate of drug-likeness (QED) is 0.798. The number of rotatable bonds is 5. The normalized spacial score (nSPS) is 17.1. The molecule has 110 valence electrons.